The Kier molecular flexibility index (Phi) is 6.87. The predicted molar refractivity (Wildman–Crippen MR) is 228 cm³/mol. The zero-order chi connectivity index (χ0) is 37.1. The van der Waals surface area contributed by atoms with Gasteiger partial charge in [0.25, 0.3) is 0 Å². The largest absolute Gasteiger partial charge is 0.456 e. The highest BCUT2D eigenvalue weighted by molar-refractivity contribution is 6.12. The van der Waals surface area contributed by atoms with Crippen molar-refractivity contribution in [2.45, 2.75) is 64.7 Å². The molecule has 0 saturated carbocycles. The van der Waals surface area contributed by atoms with E-state index in [9.17, 15) is 0 Å². The summed E-state index contributed by atoms with van der Waals surface area (Å²) in [7, 11) is 0. The Bertz CT molecular complexity index is 2790. The van der Waals surface area contributed by atoms with Gasteiger partial charge in [0.15, 0.2) is 0 Å². The van der Waals surface area contributed by atoms with E-state index >= 15 is 0 Å². The topological polar surface area (TPSA) is 16.4 Å². The fourth-order valence-corrected chi connectivity index (χ4v) is 9.62. The second-order valence-corrected chi connectivity index (χ2v) is 17.4. The summed E-state index contributed by atoms with van der Waals surface area (Å²) in [4.78, 5) is 2.45. The maximum atomic E-state index is 6.72. The molecule has 0 spiro atoms. The van der Waals surface area contributed by atoms with E-state index in [0.29, 0.717) is 0 Å². The minimum Gasteiger partial charge on any atom is -0.456 e. The predicted octanol–water partition coefficient (Wildman–Crippen LogP) is 14.6. The van der Waals surface area contributed by atoms with Gasteiger partial charge in [-0.05, 0) is 104 Å². The van der Waals surface area contributed by atoms with Crippen LogP contribution in [-0.2, 0) is 16.2 Å². The van der Waals surface area contributed by atoms with E-state index in [1.165, 1.54) is 72.0 Å². The van der Waals surface area contributed by atoms with Gasteiger partial charge in [0.2, 0.25) is 0 Å². The van der Waals surface area contributed by atoms with Gasteiger partial charge in [-0.2, -0.15) is 0 Å². The highest BCUT2D eigenvalue weighted by Crippen LogP contribution is 2.56. The molecule has 0 saturated heterocycles. The van der Waals surface area contributed by atoms with Crippen molar-refractivity contribution in [2.75, 3.05) is 4.90 Å². The molecule has 1 heterocycles. The van der Waals surface area contributed by atoms with E-state index in [4.69, 9.17) is 4.42 Å². The summed E-state index contributed by atoms with van der Waals surface area (Å²) in [5.74, 6) is 0. The van der Waals surface area contributed by atoms with Crippen molar-refractivity contribution >= 4 is 39.0 Å². The maximum Gasteiger partial charge on any atom is 0.139 e. The number of para-hydroxylation sites is 1. The Morgan fingerprint density at radius 1 is 0.481 bits per heavy atom. The monoisotopic (exact) mass is 699 g/mol. The summed E-state index contributed by atoms with van der Waals surface area (Å²) in [5, 5.41) is 2.45. The summed E-state index contributed by atoms with van der Waals surface area (Å²) in [5.41, 5.74) is 19.4. The Labute approximate surface area is 318 Å². The molecule has 264 valence electrons. The van der Waals surface area contributed by atoms with Crippen LogP contribution in [0.1, 0.15) is 76.3 Å². The minimum absolute atomic E-state index is 0.0255. The first-order valence-corrected chi connectivity index (χ1v) is 19.3. The third-order valence-corrected chi connectivity index (χ3v) is 12.4. The van der Waals surface area contributed by atoms with Crippen molar-refractivity contribution in [1.82, 2.24) is 0 Å². The molecule has 0 bridgehead atoms. The first-order chi connectivity index (χ1) is 25.9. The van der Waals surface area contributed by atoms with E-state index in [2.05, 4.69) is 199 Å². The molecule has 0 radical (unpaired) electrons. The van der Waals surface area contributed by atoms with Crippen molar-refractivity contribution in [1.29, 1.82) is 0 Å². The summed E-state index contributed by atoms with van der Waals surface area (Å²) in [6.07, 6.45) is 0. The fourth-order valence-electron chi connectivity index (χ4n) is 9.62. The summed E-state index contributed by atoms with van der Waals surface area (Å²) < 4.78 is 6.72. The lowest BCUT2D eigenvalue weighted by Gasteiger charge is -2.30. The summed E-state index contributed by atoms with van der Waals surface area (Å²) >= 11 is 0. The van der Waals surface area contributed by atoms with Crippen LogP contribution in [0.25, 0.3) is 55.3 Å². The van der Waals surface area contributed by atoms with E-state index in [1.807, 2.05) is 0 Å². The first kappa shape index (κ1) is 32.8. The van der Waals surface area contributed by atoms with Crippen molar-refractivity contribution in [3.8, 4) is 33.4 Å². The zero-order valence-corrected chi connectivity index (χ0v) is 32.2. The molecular formula is C52H45NO. The molecule has 10 rings (SSSR count). The third-order valence-electron chi connectivity index (χ3n) is 12.4. The summed E-state index contributed by atoms with van der Waals surface area (Å²) in [6, 6.07) is 53.9. The van der Waals surface area contributed by atoms with Crippen LogP contribution in [0.5, 0.6) is 0 Å². The van der Waals surface area contributed by atoms with Crippen LogP contribution in [0, 0.1) is 0 Å². The van der Waals surface area contributed by atoms with E-state index in [0.717, 1.165) is 28.2 Å². The number of anilines is 3. The molecule has 8 aromatic rings. The average Bonchev–Trinajstić information content (AvgIpc) is 3.74. The molecule has 2 aliphatic rings. The number of hydrogen-bond acceptors (Lipinski definition) is 2. The Hall–Kier alpha value is -5.86. The number of rotatable bonds is 4. The zero-order valence-electron chi connectivity index (χ0n) is 32.2. The molecule has 0 N–H and O–H groups in total. The van der Waals surface area contributed by atoms with E-state index in [-0.39, 0.29) is 16.2 Å². The molecule has 0 unspecified atom stereocenters. The van der Waals surface area contributed by atoms with E-state index in [1.54, 1.807) is 0 Å². The molecule has 0 amide bonds. The lowest BCUT2D eigenvalue weighted by Crippen LogP contribution is -2.18. The van der Waals surface area contributed by atoms with Crippen molar-refractivity contribution in [3.05, 3.63) is 173 Å². The Morgan fingerprint density at radius 2 is 1.06 bits per heavy atom. The van der Waals surface area contributed by atoms with Crippen LogP contribution in [0.4, 0.5) is 17.1 Å². The second-order valence-electron chi connectivity index (χ2n) is 17.4. The van der Waals surface area contributed by atoms with Crippen LogP contribution in [0.3, 0.4) is 0 Å². The third kappa shape index (κ3) is 4.65. The van der Waals surface area contributed by atoms with Crippen LogP contribution in [-0.4, -0.2) is 0 Å². The summed E-state index contributed by atoms with van der Waals surface area (Å²) in [6.45, 7) is 16.3. The molecule has 2 heteroatoms. The SMILES string of the molecule is CC(C)(C)c1cccc2c1oc1ccc3c(c12)C(C)(C)c1cc(N(c2ccc(-c4ccccc4)cc2)c2ccc4c(c2)C(C)(C)c2ccccc2-4)ccc1-3. The van der Waals surface area contributed by atoms with Gasteiger partial charge in [-0.15, -0.1) is 0 Å². The molecule has 7 aromatic carbocycles. The second kappa shape index (κ2) is 11.3. The van der Waals surface area contributed by atoms with Gasteiger partial charge >= 0.3 is 0 Å². The fraction of sp³-hybridized carbons (Fsp3) is 0.192. The van der Waals surface area contributed by atoms with Crippen LogP contribution in [0.15, 0.2) is 150 Å². The van der Waals surface area contributed by atoms with Gasteiger partial charge in [-0.3, -0.25) is 0 Å². The normalized spacial score (nSPS) is 14.9. The average molecular weight is 700 g/mol. The lowest BCUT2D eigenvalue weighted by molar-refractivity contribution is 0.572. The number of benzene rings is 7. The number of hydrogen-bond donors (Lipinski definition) is 0. The smallest absolute Gasteiger partial charge is 0.139 e. The lowest BCUT2D eigenvalue weighted by atomic mass is 9.80. The van der Waals surface area contributed by atoms with Gasteiger partial charge in [0.05, 0.1) is 0 Å². The first-order valence-electron chi connectivity index (χ1n) is 19.3. The number of fused-ring (bicyclic) bond motifs is 10. The highest BCUT2D eigenvalue weighted by Gasteiger charge is 2.40. The minimum atomic E-state index is -0.251. The van der Waals surface area contributed by atoms with Crippen LogP contribution >= 0.6 is 0 Å². The molecular weight excluding hydrogens is 655 g/mol. The van der Waals surface area contributed by atoms with Gasteiger partial charge < -0.3 is 9.32 Å². The van der Waals surface area contributed by atoms with Gasteiger partial charge in [-0.25, -0.2) is 0 Å². The van der Waals surface area contributed by atoms with Crippen molar-refractivity contribution < 1.29 is 4.42 Å². The van der Waals surface area contributed by atoms with Crippen molar-refractivity contribution in [2.24, 2.45) is 0 Å². The highest BCUT2D eigenvalue weighted by atomic mass is 16.3. The quantitative estimate of drug-likeness (QED) is 0.182. The van der Waals surface area contributed by atoms with Gasteiger partial charge in [-0.1, -0.05) is 152 Å². The number of nitrogens with zero attached hydrogens (tertiary/aromatic N) is 1. The molecule has 2 nitrogen and oxygen atoms in total. The van der Waals surface area contributed by atoms with Crippen LogP contribution in [0.2, 0.25) is 0 Å². The maximum absolute atomic E-state index is 6.72. The standard InChI is InChI=1S/C52H45NO/c1-50(2,3)43-19-13-17-41-47-46(54-49(41)43)29-28-40-39-27-25-36(31-45(39)52(6,7)48(40)47)53(34-22-20-33(21-23-34)32-14-9-8-10-15-32)35-24-26-38-37-16-11-12-18-42(37)51(4,5)44(38)30-35/h8-31H,1-7H3. The molecule has 2 aliphatic carbocycles. The van der Waals surface area contributed by atoms with Gasteiger partial charge in [0, 0.05) is 44.2 Å². The molecule has 0 atom stereocenters. The molecule has 0 aliphatic heterocycles. The molecule has 54 heavy (non-hydrogen) atoms. The molecule has 1 aromatic heterocycles. The van der Waals surface area contributed by atoms with Crippen molar-refractivity contribution in [3.63, 3.8) is 0 Å². The van der Waals surface area contributed by atoms with Crippen LogP contribution < -0.4 is 4.90 Å². The Balaban J connectivity index is 1.15. The van der Waals surface area contributed by atoms with Gasteiger partial charge in [0.1, 0.15) is 11.2 Å². The van der Waals surface area contributed by atoms with E-state index < -0.39 is 0 Å². The molecule has 0 fully saturated rings. The Morgan fingerprint density at radius 3 is 1.76 bits per heavy atom. The number of furan rings is 1.